The van der Waals surface area contributed by atoms with Gasteiger partial charge in [0.05, 0.1) is 0 Å². The molecule has 3 heteroatoms. The topological polar surface area (TPSA) is 26.0 Å². The van der Waals surface area contributed by atoms with E-state index in [9.17, 15) is 0 Å². The maximum atomic E-state index is 6.05. The zero-order valence-electron chi connectivity index (χ0n) is 10.3. The van der Waals surface area contributed by atoms with Gasteiger partial charge in [-0.15, -0.1) is 11.8 Å². The van der Waals surface area contributed by atoms with Crippen LogP contribution in [0.1, 0.15) is 39.0 Å². The Labute approximate surface area is 117 Å². The van der Waals surface area contributed by atoms with Gasteiger partial charge in [0.2, 0.25) is 0 Å². The predicted octanol–water partition coefficient (Wildman–Crippen LogP) is 5.09. The van der Waals surface area contributed by atoms with Gasteiger partial charge in [-0.25, -0.2) is 0 Å². The molecule has 2 unspecified atom stereocenters. The number of halogens is 1. The molecule has 1 nitrogen and oxygen atoms in total. The van der Waals surface area contributed by atoms with Crippen molar-refractivity contribution in [1.82, 2.24) is 0 Å². The van der Waals surface area contributed by atoms with Crippen molar-refractivity contribution in [2.24, 2.45) is 5.92 Å². The molecule has 1 aromatic rings. The van der Waals surface area contributed by atoms with E-state index in [4.69, 9.17) is 5.73 Å². The van der Waals surface area contributed by atoms with Gasteiger partial charge < -0.3 is 5.73 Å². The van der Waals surface area contributed by atoms with Crippen LogP contribution in [0, 0.1) is 5.92 Å². The molecule has 1 aliphatic rings. The van der Waals surface area contributed by atoms with E-state index in [2.05, 4.69) is 28.9 Å². The normalized spacial score (nSPS) is 24.8. The van der Waals surface area contributed by atoms with E-state index in [1.165, 1.54) is 37.0 Å². The summed E-state index contributed by atoms with van der Waals surface area (Å²) in [6, 6.07) is 6.16. The Kier molecular flexibility index (Phi) is 4.80. The van der Waals surface area contributed by atoms with Gasteiger partial charge in [0, 0.05) is 20.3 Å². The highest BCUT2D eigenvalue weighted by Crippen LogP contribution is 2.41. The van der Waals surface area contributed by atoms with Crippen molar-refractivity contribution < 1.29 is 0 Å². The zero-order valence-corrected chi connectivity index (χ0v) is 12.7. The van der Waals surface area contributed by atoms with Crippen molar-refractivity contribution >= 4 is 33.4 Å². The second kappa shape index (κ2) is 6.14. The second-order valence-corrected chi connectivity index (χ2v) is 6.99. The molecular weight excluding hydrogens is 294 g/mol. The number of nitrogens with two attached hydrogens (primary N) is 1. The minimum atomic E-state index is 0.755. The van der Waals surface area contributed by atoms with Crippen LogP contribution >= 0.6 is 27.7 Å². The molecule has 17 heavy (non-hydrogen) atoms. The van der Waals surface area contributed by atoms with Gasteiger partial charge in [0.25, 0.3) is 0 Å². The van der Waals surface area contributed by atoms with Crippen LogP contribution in [0.2, 0.25) is 0 Å². The van der Waals surface area contributed by atoms with Crippen molar-refractivity contribution in [3.63, 3.8) is 0 Å². The Morgan fingerprint density at radius 2 is 2.12 bits per heavy atom. The lowest BCUT2D eigenvalue weighted by molar-refractivity contribution is 0.361. The predicted molar refractivity (Wildman–Crippen MR) is 80.4 cm³/mol. The summed E-state index contributed by atoms with van der Waals surface area (Å²) in [6.45, 7) is 2.31. The van der Waals surface area contributed by atoms with Gasteiger partial charge in [0.15, 0.2) is 0 Å². The summed E-state index contributed by atoms with van der Waals surface area (Å²) >= 11 is 5.51. The minimum Gasteiger partial charge on any atom is -0.398 e. The Morgan fingerprint density at radius 1 is 1.35 bits per heavy atom. The highest BCUT2D eigenvalue weighted by Gasteiger charge is 2.25. The van der Waals surface area contributed by atoms with Crippen LogP contribution in [-0.2, 0) is 0 Å². The Morgan fingerprint density at radius 3 is 2.88 bits per heavy atom. The first kappa shape index (κ1) is 13.3. The molecule has 1 saturated carbocycles. The number of benzene rings is 1. The van der Waals surface area contributed by atoms with Crippen LogP contribution in [0.25, 0.3) is 0 Å². The molecule has 1 fully saturated rings. The maximum Gasteiger partial charge on any atom is 0.0453 e. The summed E-state index contributed by atoms with van der Waals surface area (Å²) in [7, 11) is 0. The highest BCUT2D eigenvalue weighted by atomic mass is 79.9. The van der Waals surface area contributed by atoms with E-state index in [1.807, 2.05) is 23.9 Å². The first-order valence-electron chi connectivity index (χ1n) is 6.42. The van der Waals surface area contributed by atoms with Crippen LogP contribution in [0.5, 0.6) is 0 Å². The van der Waals surface area contributed by atoms with Crippen LogP contribution in [-0.4, -0.2) is 5.25 Å². The van der Waals surface area contributed by atoms with Crippen LogP contribution < -0.4 is 5.73 Å². The second-order valence-electron chi connectivity index (χ2n) is 4.79. The van der Waals surface area contributed by atoms with E-state index >= 15 is 0 Å². The standard InChI is InChI=1S/C14H20BrNS/c1-2-10-5-3-4-6-13(10)17-14-9-11(15)7-8-12(14)16/h7-10,13H,2-6,16H2,1H3. The summed E-state index contributed by atoms with van der Waals surface area (Å²) in [6.07, 6.45) is 6.81. The fourth-order valence-electron chi connectivity index (χ4n) is 2.57. The molecule has 0 amide bonds. The smallest absolute Gasteiger partial charge is 0.0453 e. The number of rotatable bonds is 3. The number of hydrogen-bond acceptors (Lipinski definition) is 2. The summed E-state index contributed by atoms with van der Waals surface area (Å²) < 4.78 is 1.12. The SMILES string of the molecule is CCC1CCCCC1Sc1cc(Br)ccc1N. The largest absolute Gasteiger partial charge is 0.398 e. The van der Waals surface area contributed by atoms with Gasteiger partial charge in [-0.2, -0.15) is 0 Å². The van der Waals surface area contributed by atoms with Crippen LogP contribution in [0.15, 0.2) is 27.6 Å². The molecule has 94 valence electrons. The molecule has 0 aliphatic heterocycles. The Balaban J connectivity index is 2.10. The zero-order chi connectivity index (χ0) is 12.3. The molecule has 2 N–H and O–H groups in total. The number of anilines is 1. The lowest BCUT2D eigenvalue weighted by Crippen LogP contribution is -2.21. The number of thioether (sulfide) groups is 1. The third-order valence-electron chi connectivity index (χ3n) is 3.62. The van der Waals surface area contributed by atoms with Gasteiger partial charge in [-0.05, 0) is 37.0 Å². The molecule has 0 saturated heterocycles. The first-order chi connectivity index (χ1) is 8.20. The fourth-order valence-corrected chi connectivity index (χ4v) is 4.61. The molecule has 2 rings (SSSR count). The van der Waals surface area contributed by atoms with Crippen molar-refractivity contribution in [2.45, 2.75) is 49.2 Å². The molecule has 2 atom stereocenters. The summed E-state index contributed by atoms with van der Waals surface area (Å²) in [5.41, 5.74) is 6.97. The fraction of sp³-hybridized carbons (Fsp3) is 0.571. The van der Waals surface area contributed by atoms with E-state index in [0.717, 1.165) is 21.3 Å². The average molecular weight is 314 g/mol. The molecule has 0 radical (unpaired) electrons. The Bertz CT molecular complexity index is 380. The molecule has 0 bridgehead atoms. The van der Waals surface area contributed by atoms with Gasteiger partial charge >= 0.3 is 0 Å². The third-order valence-corrected chi connectivity index (χ3v) is 5.64. The number of hydrogen-bond donors (Lipinski definition) is 1. The summed E-state index contributed by atoms with van der Waals surface area (Å²) in [5, 5.41) is 0.755. The van der Waals surface area contributed by atoms with Gasteiger partial charge in [0.1, 0.15) is 0 Å². The van der Waals surface area contributed by atoms with Crippen molar-refractivity contribution in [3.8, 4) is 0 Å². The molecule has 1 aliphatic carbocycles. The Hall–Kier alpha value is -0.150. The highest BCUT2D eigenvalue weighted by molar-refractivity contribution is 9.10. The lowest BCUT2D eigenvalue weighted by atomic mass is 9.87. The lowest BCUT2D eigenvalue weighted by Gasteiger charge is -2.30. The quantitative estimate of drug-likeness (QED) is 0.786. The van der Waals surface area contributed by atoms with Gasteiger partial charge in [-0.1, -0.05) is 42.1 Å². The van der Waals surface area contributed by atoms with E-state index < -0.39 is 0 Å². The van der Waals surface area contributed by atoms with Crippen molar-refractivity contribution in [1.29, 1.82) is 0 Å². The molecule has 1 aromatic carbocycles. The first-order valence-corrected chi connectivity index (χ1v) is 8.09. The van der Waals surface area contributed by atoms with Crippen molar-refractivity contribution in [2.75, 3.05) is 5.73 Å². The van der Waals surface area contributed by atoms with E-state index in [-0.39, 0.29) is 0 Å². The van der Waals surface area contributed by atoms with Crippen molar-refractivity contribution in [3.05, 3.63) is 22.7 Å². The molecule has 0 heterocycles. The van der Waals surface area contributed by atoms with Crippen LogP contribution in [0.4, 0.5) is 5.69 Å². The van der Waals surface area contributed by atoms with E-state index in [0.29, 0.717) is 0 Å². The van der Waals surface area contributed by atoms with E-state index in [1.54, 1.807) is 0 Å². The molecule has 0 aromatic heterocycles. The minimum absolute atomic E-state index is 0.755. The third kappa shape index (κ3) is 3.41. The van der Waals surface area contributed by atoms with Crippen LogP contribution in [0.3, 0.4) is 0 Å². The average Bonchev–Trinajstić information content (AvgIpc) is 2.34. The monoisotopic (exact) mass is 313 g/mol. The molecular formula is C14H20BrNS. The maximum absolute atomic E-state index is 6.05. The number of nitrogen functional groups attached to an aromatic ring is 1. The van der Waals surface area contributed by atoms with Gasteiger partial charge in [-0.3, -0.25) is 0 Å². The summed E-state index contributed by atoms with van der Waals surface area (Å²) in [4.78, 5) is 1.24. The summed E-state index contributed by atoms with van der Waals surface area (Å²) in [5.74, 6) is 0.868. The molecule has 0 spiro atoms.